The highest BCUT2D eigenvalue weighted by molar-refractivity contribution is 5.00. The second-order valence-electron chi connectivity index (χ2n) is 3.25. The van der Waals surface area contributed by atoms with Crippen LogP contribution in [0.2, 0.25) is 0 Å². The molecule has 0 amide bonds. The molecule has 1 rings (SSSR count). The highest BCUT2D eigenvalue weighted by Crippen LogP contribution is 2.03. The first kappa shape index (κ1) is 16.5. The van der Waals surface area contributed by atoms with Crippen molar-refractivity contribution >= 4 is 0 Å². The van der Waals surface area contributed by atoms with Gasteiger partial charge in [0, 0.05) is 12.4 Å². The molecule has 2 heteroatoms. The standard InChI is InChI=1S/C9H14N2.2C2H6/c1-7(2)4-9-6-10-8(3)5-11-9;2*1-2/h5-7H,4H2,1-3H3;2*1-2H3. The van der Waals surface area contributed by atoms with Crippen molar-refractivity contribution < 1.29 is 0 Å². The van der Waals surface area contributed by atoms with Crippen molar-refractivity contribution in [1.29, 1.82) is 0 Å². The molecule has 0 aliphatic carbocycles. The lowest BCUT2D eigenvalue weighted by Crippen LogP contribution is -1.98. The number of hydrogen-bond donors (Lipinski definition) is 0. The SMILES string of the molecule is CC.CC.Cc1cnc(CC(C)C)cn1. The molecule has 0 aliphatic rings. The van der Waals surface area contributed by atoms with Crippen molar-refractivity contribution in [3.63, 3.8) is 0 Å². The van der Waals surface area contributed by atoms with Gasteiger partial charge in [0.1, 0.15) is 0 Å². The zero-order valence-electron chi connectivity index (χ0n) is 11.3. The van der Waals surface area contributed by atoms with Gasteiger partial charge in [0.2, 0.25) is 0 Å². The van der Waals surface area contributed by atoms with Gasteiger partial charge in [-0.1, -0.05) is 41.5 Å². The van der Waals surface area contributed by atoms with Crippen LogP contribution in [0.3, 0.4) is 0 Å². The van der Waals surface area contributed by atoms with Gasteiger partial charge in [-0.05, 0) is 19.3 Å². The molecule has 0 bridgehead atoms. The summed E-state index contributed by atoms with van der Waals surface area (Å²) in [6.07, 6.45) is 4.69. The normalized spacial score (nSPS) is 8.53. The first-order valence-electron chi connectivity index (χ1n) is 5.96. The van der Waals surface area contributed by atoms with Gasteiger partial charge in [-0.15, -0.1) is 0 Å². The largest absolute Gasteiger partial charge is 0.258 e. The Morgan fingerprint density at radius 2 is 1.53 bits per heavy atom. The van der Waals surface area contributed by atoms with E-state index in [0.29, 0.717) is 5.92 Å². The molecular weight excluding hydrogens is 184 g/mol. The first-order chi connectivity index (χ1) is 7.18. The molecule has 0 radical (unpaired) electrons. The second kappa shape index (κ2) is 11.2. The van der Waals surface area contributed by atoms with Crippen LogP contribution in [-0.4, -0.2) is 9.97 Å². The number of hydrogen-bond acceptors (Lipinski definition) is 2. The van der Waals surface area contributed by atoms with E-state index in [9.17, 15) is 0 Å². The van der Waals surface area contributed by atoms with E-state index >= 15 is 0 Å². The highest BCUT2D eigenvalue weighted by atomic mass is 14.8. The van der Waals surface area contributed by atoms with E-state index in [1.807, 2.05) is 47.0 Å². The Hall–Kier alpha value is -0.920. The quantitative estimate of drug-likeness (QED) is 0.736. The Morgan fingerprint density at radius 3 is 1.87 bits per heavy atom. The van der Waals surface area contributed by atoms with Gasteiger partial charge >= 0.3 is 0 Å². The first-order valence-corrected chi connectivity index (χ1v) is 5.96. The Labute approximate surface area is 95.2 Å². The number of aryl methyl sites for hydroxylation is 1. The predicted octanol–water partition coefficient (Wildman–Crippen LogP) is 4.04. The smallest absolute Gasteiger partial charge is 0.0589 e. The summed E-state index contributed by atoms with van der Waals surface area (Å²) >= 11 is 0. The topological polar surface area (TPSA) is 25.8 Å². The van der Waals surface area contributed by atoms with Crippen LogP contribution in [0.15, 0.2) is 12.4 Å². The summed E-state index contributed by atoms with van der Waals surface area (Å²) in [7, 11) is 0. The fourth-order valence-corrected chi connectivity index (χ4v) is 0.943. The van der Waals surface area contributed by atoms with E-state index < -0.39 is 0 Å². The van der Waals surface area contributed by atoms with Crippen LogP contribution in [-0.2, 0) is 6.42 Å². The molecule has 1 aromatic rings. The van der Waals surface area contributed by atoms with Gasteiger partial charge in [-0.2, -0.15) is 0 Å². The van der Waals surface area contributed by atoms with Crippen LogP contribution < -0.4 is 0 Å². The van der Waals surface area contributed by atoms with Gasteiger partial charge in [-0.25, -0.2) is 0 Å². The maximum atomic E-state index is 4.26. The average molecular weight is 210 g/mol. The van der Waals surface area contributed by atoms with Crippen LogP contribution in [0.4, 0.5) is 0 Å². The molecule has 0 fully saturated rings. The molecule has 0 N–H and O–H groups in total. The minimum Gasteiger partial charge on any atom is -0.258 e. The molecule has 0 saturated carbocycles. The third-order valence-electron chi connectivity index (χ3n) is 1.45. The molecule has 0 saturated heterocycles. The van der Waals surface area contributed by atoms with Crippen LogP contribution in [0.1, 0.15) is 52.9 Å². The van der Waals surface area contributed by atoms with Crippen LogP contribution >= 0.6 is 0 Å². The van der Waals surface area contributed by atoms with Crippen molar-refractivity contribution in [1.82, 2.24) is 9.97 Å². The molecule has 2 nitrogen and oxygen atoms in total. The molecule has 0 aromatic carbocycles. The maximum absolute atomic E-state index is 4.26. The Bertz CT molecular complexity index is 214. The third-order valence-corrected chi connectivity index (χ3v) is 1.45. The fourth-order valence-electron chi connectivity index (χ4n) is 0.943. The summed E-state index contributed by atoms with van der Waals surface area (Å²) in [6, 6.07) is 0. The number of nitrogens with zero attached hydrogens (tertiary/aromatic N) is 2. The van der Waals surface area contributed by atoms with E-state index in [-0.39, 0.29) is 0 Å². The Balaban J connectivity index is 0. The summed E-state index contributed by atoms with van der Waals surface area (Å²) in [6.45, 7) is 14.3. The zero-order valence-corrected chi connectivity index (χ0v) is 11.3. The van der Waals surface area contributed by atoms with Crippen LogP contribution in [0, 0.1) is 12.8 Å². The summed E-state index contributed by atoms with van der Waals surface area (Å²) in [5.74, 6) is 0.659. The monoisotopic (exact) mass is 210 g/mol. The van der Waals surface area contributed by atoms with Crippen LogP contribution in [0.25, 0.3) is 0 Å². The Kier molecular flexibility index (Phi) is 12.3. The molecule has 15 heavy (non-hydrogen) atoms. The predicted molar refractivity (Wildman–Crippen MR) is 68.0 cm³/mol. The second-order valence-corrected chi connectivity index (χ2v) is 3.25. The van der Waals surface area contributed by atoms with Crippen molar-refractivity contribution in [2.45, 2.75) is 54.9 Å². The van der Waals surface area contributed by atoms with Gasteiger partial charge in [0.15, 0.2) is 0 Å². The molecule has 1 heterocycles. The lowest BCUT2D eigenvalue weighted by molar-refractivity contribution is 0.632. The Morgan fingerprint density at radius 1 is 1.00 bits per heavy atom. The summed E-state index contributed by atoms with van der Waals surface area (Å²) in [5.41, 5.74) is 2.07. The van der Waals surface area contributed by atoms with E-state index in [2.05, 4.69) is 23.8 Å². The van der Waals surface area contributed by atoms with E-state index in [1.165, 1.54) is 0 Å². The van der Waals surface area contributed by atoms with Gasteiger partial charge in [-0.3, -0.25) is 9.97 Å². The van der Waals surface area contributed by atoms with Gasteiger partial charge in [0.05, 0.1) is 11.4 Å². The van der Waals surface area contributed by atoms with E-state index in [1.54, 1.807) is 0 Å². The average Bonchev–Trinajstić information content (AvgIpc) is 2.27. The number of aromatic nitrogens is 2. The molecule has 1 aromatic heterocycles. The van der Waals surface area contributed by atoms with Crippen LogP contribution in [0.5, 0.6) is 0 Å². The minimum atomic E-state index is 0.659. The lowest BCUT2D eigenvalue weighted by atomic mass is 10.1. The summed E-state index contributed by atoms with van der Waals surface area (Å²) in [5, 5.41) is 0. The number of rotatable bonds is 2. The zero-order chi connectivity index (χ0) is 12.3. The maximum Gasteiger partial charge on any atom is 0.0589 e. The third kappa shape index (κ3) is 9.39. The van der Waals surface area contributed by atoms with Crippen molar-refractivity contribution in [2.24, 2.45) is 5.92 Å². The van der Waals surface area contributed by atoms with Crippen molar-refractivity contribution in [3.05, 3.63) is 23.8 Å². The van der Waals surface area contributed by atoms with E-state index in [4.69, 9.17) is 0 Å². The van der Waals surface area contributed by atoms with Gasteiger partial charge < -0.3 is 0 Å². The molecular formula is C13H26N2. The minimum absolute atomic E-state index is 0.659. The summed E-state index contributed by atoms with van der Waals surface area (Å²) < 4.78 is 0. The van der Waals surface area contributed by atoms with Crippen molar-refractivity contribution in [3.8, 4) is 0 Å². The van der Waals surface area contributed by atoms with E-state index in [0.717, 1.165) is 17.8 Å². The lowest BCUT2D eigenvalue weighted by Gasteiger charge is -2.02. The molecule has 0 spiro atoms. The van der Waals surface area contributed by atoms with Crippen molar-refractivity contribution in [2.75, 3.05) is 0 Å². The molecule has 88 valence electrons. The fraction of sp³-hybridized carbons (Fsp3) is 0.692. The molecule has 0 unspecified atom stereocenters. The summed E-state index contributed by atoms with van der Waals surface area (Å²) in [4.78, 5) is 8.43. The molecule has 0 atom stereocenters. The highest BCUT2D eigenvalue weighted by Gasteiger charge is 1.97. The molecule has 0 aliphatic heterocycles. The van der Waals surface area contributed by atoms with Gasteiger partial charge in [0.25, 0.3) is 0 Å².